The molecule has 0 spiro atoms. The summed E-state index contributed by atoms with van der Waals surface area (Å²) < 4.78 is 44.9. The van der Waals surface area contributed by atoms with Gasteiger partial charge in [-0.05, 0) is 95.8 Å². The molecule has 208 valence electrons. The predicted octanol–water partition coefficient (Wildman–Crippen LogP) is 7.30. The van der Waals surface area contributed by atoms with Gasteiger partial charge in [0.25, 0.3) is 0 Å². The molecule has 4 aliphatic carbocycles. The van der Waals surface area contributed by atoms with Crippen molar-refractivity contribution in [1.29, 1.82) is 0 Å². The van der Waals surface area contributed by atoms with Gasteiger partial charge in [-0.25, -0.2) is 4.39 Å². The fourth-order valence-electron chi connectivity index (χ4n) is 8.08. The minimum atomic E-state index is -2.96. The van der Waals surface area contributed by atoms with Gasteiger partial charge in [0.15, 0.2) is 0 Å². The van der Waals surface area contributed by atoms with Gasteiger partial charge >= 0.3 is 0 Å². The van der Waals surface area contributed by atoms with Crippen LogP contribution in [0.15, 0.2) is 0 Å². The number of halogens is 2. The number of carbonyl (C=O) groups is 1. The van der Waals surface area contributed by atoms with Gasteiger partial charge in [0.1, 0.15) is 6.17 Å². The highest BCUT2D eigenvalue weighted by atomic mass is 35.5. The highest BCUT2D eigenvalue weighted by Crippen LogP contribution is 2.68. The summed E-state index contributed by atoms with van der Waals surface area (Å²) >= 11 is 6.33. The second-order valence-corrected chi connectivity index (χ2v) is 15.7. The highest BCUT2D eigenvalue weighted by molar-refractivity contribution is 8.26. The van der Waals surface area contributed by atoms with Crippen LogP contribution in [0.3, 0.4) is 0 Å². The van der Waals surface area contributed by atoms with Crippen LogP contribution < -0.4 is 0 Å². The minimum absolute atomic E-state index is 0.0650. The van der Waals surface area contributed by atoms with Crippen LogP contribution in [-0.2, 0) is 9.53 Å². The Kier molecular flexibility index (Phi) is 8.84. The van der Waals surface area contributed by atoms with Crippen LogP contribution in [0.2, 0.25) is 0 Å². The lowest BCUT2D eigenvalue weighted by Gasteiger charge is -2.61. The number of alkyl halides is 2. The van der Waals surface area contributed by atoms with Crippen molar-refractivity contribution in [3.05, 3.63) is 0 Å². The van der Waals surface area contributed by atoms with E-state index in [0.29, 0.717) is 38.9 Å². The molecular formula is C28H47ClFNO4S. The normalized spacial score (nSPS) is 37.2. The summed E-state index contributed by atoms with van der Waals surface area (Å²) in [6, 6.07) is -0.159. The van der Waals surface area contributed by atoms with Gasteiger partial charge in [-0.15, -0.1) is 11.6 Å². The zero-order valence-corrected chi connectivity index (χ0v) is 23.4. The Labute approximate surface area is 223 Å². The Bertz CT molecular complexity index is 748. The molecule has 1 amide bonds. The number of ether oxygens (including phenoxy) is 1. The monoisotopic (exact) mass is 547 g/mol. The Hall–Kier alpha value is -0.0800. The van der Waals surface area contributed by atoms with E-state index in [4.69, 9.17) is 16.3 Å². The molecule has 8 heteroatoms. The number of carbonyl (C=O) groups excluding carboxylic acids is 1. The first-order valence-electron chi connectivity index (χ1n) is 14.8. The average Bonchev–Trinajstić information content (AvgIpc) is 2.87. The van der Waals surface area contributed by atoms with Crippen molar-refractivity contribution in [3.63, 3.8) is 0 Å². The lowest BCUT2D eigenvalue weighted by Crippen LogP contribution is -2.59. The summed E-state index contributed by atoms with van der Waals surface area (Å²) in [5.41, 5.74) is 0. The van der Waals surface area contributed by atoms with Crippen molar-refractivity contribution < 1.29 is 23.0 Å². The quantitative estimate of drug-likeness (QED) is 0.342. The number of hydrogen-bond acceptors (Lipinski definition) is 4. The van der Waals surface area contributed by atoms with Gasteiger partial charge in [0.05, 0.1) is 10.8 Å². The molecule has 0 aromatic heterocycles. The smallest absolute Gasteiger partial charge is 0.226 e. The SMILES string of the molecule is O=C(C1CCCCC1)N(C1CCC1)C1CCC(C2(S(O)(O)C3CCC(Cl)CC3)CCOCC2)CC1F. The lowest BCUT2D eigenvalue weighted by atomic mass is 9.72. The van der Waals surface area contributed by atoms with Crippen LogP contribution >= 0.6 is 22.2 Å². The van der Waals surface area contributed by atoms with E-state index >= 15 is 4.39 Å². The zero-order chi connectivity index (χ0) is 25.3. The third kappa shape index (κ3) is 5.22. The molecule has 0 bridgehead atoms. The number of hydrogen-bond donors (Lipinski definition) is 2. The van der Waals surface area contributed by atoms with E-state index in [1.54, 1.807) is 0 Å². The van der Waals surface area contributed by atoms with Crippen molar-refractivity contribution in [1.82, 2.24) is 4.90 Å². The Morgan fingerprint density at radius 3 is 2.14 bits per heavy atom. The van der Waals surface area contributed by atoms with Crippen molar-refractivity contribution in [3.8, 4) is 0 Å². The van der Waals surface area contributed by atoms with Gasteiger partial charge in [0, 0.05) is 35.8 Å². The Balaban J connectivity index is 1.33. The maximum absolute atomic E-state index is 16.2. The summed E-state index contributed by atoms with van der Waals surface area (Å²) in [6.07, 6.45) is 13.3. The maximum Gasteiger partial charge on any atom is 0.226 e. The molecule has 36 heavy (non-hydrogen) atoms. The molecule has 5 nitrogen and oxygen atoms in total. The van der Waals surface area contributed by atoms with Crippen LogP contribution in [0, 0.1) is 11.8 Å². The molecule has 5 fully saturated rings. The lowest BCUT2D eigenvalue weighted by molar-refractivity contribution is -0.148. The fraction of sp³-hybridized carbons (Fsp3) is 0.964. The summed E-state index contributed by atoms with van der Waals surface area (Å²) in [6.45, 7) is 1.01. The summed E-state index contributed by atoms with van der Waals surface area (Å²) in [7, 11) is -2.96. The molecule has 2 N–H and O–H groups in total. The van der Waals surface area contributed by atoms with Gasteiger partial charge in [-0.2, -0.15) is 10.6 Å². The van der Waals surface area contributed by atoms with Crippen molar-refractivity contribution in [2.75, 3.05) is 13.2 Å². The summed E-state index contributed by atoms with van der Waals surface area (Å²) in [5.74, 6) is 0.183. The van der Waals surface area contributed by atoms with E-state index in [2.05, 4.69) is 0 Å². The highest BCUT2D eigenvalue weighted by Gasteiger charge is 2.56. The Morgan fingerprint density at radius 1 is 0.889 bits per heavy atom. The van der Waals surface area contributed by atoms with Crippen LogP contribution in [0.1, 0.15) is 109 Å². The molecule has 1 saturated heterocycles. The predicted molar refractivity (Wildman–Crippen MR) is 145 cm³/mol. The molecular weight excluding hydrogens is 501 g/mol. The number of nitrogens with zero attached hydrogens (tertiary/aromatic N) is 1. The van der Waals surface area contributed by atoms with Crippen molar-refractivity contribution in [2.24, 2.45) is 11.8 Å². The third-order valence-electron chi connectivity index (χ3n) is 10.5. The maximum atomic E-state index is 16.2. The fourth-order valence-corrected chi connectivity index (χ4v) is 11.4. The first kappa shape index (κ1) is 27.5. The van der Waals surface area contributed by atoms with E-state index in [1.807, 2.05) is 4.90 Å². The molecule has 0 aromatic carbocycles. The largest absolute Gasteiger partial charge is 0.381 e. The molecule has 1 aliphatic heterocycles. The van der Waals surface area contributed by atoms with Crippen LogP contribution in [-0.4, -0.2) is 66.8 Å². The second-order valence-electron chi connectivity index (χ2n) is 12.4. The average molecular weight is 548 g/mol. The summed E-state index contributed by atoms with van der Waals surface area (Å²) in [4.78, 5) is 15.7. The molecule has 1 heterocycles. The van der Waals surface area contributed by atoms with Crippen LogP contribution in [0.5, 0.6) is 0 Å². The molecule has 0 radical (unpaired) electrons. The van der Waals surface area contributed by atoms with E-state index in [0.717, 1.165) is 77.0 Å². The standard InChI is InChI=1S/C28H47ClFNO4S/c29-22-10-12-24(13-11-22)36(33,34)28(15-17-35-18-16-28)21-9-14-26(25(30)19-21)31(23-7-4-8-23)27(32)20-5-2-1-3-6-20/h20-26,33-34H,1-19H2. The molecule has 4 saturated carbocycles. The molecule has 3 unspecified atom stereocenters. The first-order valence-corrected chi connectivity index (χ1v) is 16.8. The zero-order valence-electron chi connectivity index (χ0n) is 21.8. The van der Waals surface area contributed by atoms with Crippen molar-refractivity contribution in [2.45, 2.75) is 143 Å². The first-order chi connectivity index (χ1) is 17.3. The van der Waals surface area contributed by atoms with Gasteiger partial charge < -0.3 is 9.64 Å². The Morgan fingerprint density at radius 2 is 1.56 bits per heavy atom. The van der Waals surface area contributed by atoms with Crippen LogP contribution in [0.4, 0.5) is 4.39 Å². The van der Waals surface area contributed by atoms with Gasteiger partial charge in [-0.3, -0.25) is 13.9 Å². The number of rotatable bonds is 6. The van der Waals surface area contributed by atoms with Crippen molar-refractivity contribution >= 4 is 28.1 Å². The van der Waals surface area contributed by atoms with E-state index < -0.39 is 21.5 Å². The molecule has 0 aromatic rings. The van der Waals surface area contributed by atoms with Crippen LogP contribution in [0.25, 0.3) is 0 Å². The topological polar surface area (TPSA) is 70.0 Å². The molecule has 5 aliphatic rings. The molecule has 5 rings (SSSR count). The van der Waals surface area contributed by atoms with E-state index in [-0.39, 0.29) is 40.5 Å². The van der Waals surface area contributed by atoms with E-state index in [1.165, 1.54) is 6.42 Å². The summed E-state index contributed by atoms with van der Waals surface area (Å²) in [5, 5.41) is -0.0346. The van der Waals surface area contributed by atoms with Gasteiger partial charge in [-0.1, -0.05) is 19.3 Å². The second kappa shape index (κ2) is 11.6. The third-order valence-corrected chi connectivity index (χ3v) is 14.3. The van der Waals surface area contributed by atoms with Gasteiger partial charge in [0.2, 0.25) is 5.91 Å². The number of amides is 1. The molecule has 3 atom stereocenters. The minimum Gasteiger partial charge on any atom is -0.381 e. The van der Waals surface area contributed by atoms with E-state index in [9.17, 15) is 13.9 Å².